The normalized spacial score (nSPS) is 10.4. The SMILES string of the molecule is O=C(NCCCC(=O)N(Cc1ccncc1)Cc1cccnc1)c1ccc(Cl)cc1. The number of carbonyl (C=O) groups is 2. The minimum absolute atomic E-state index is 0.0245. The summed E-state index contributed by atoms with van der Waals surface area (Å²) in [4.78, 5) is 35.0. The van der Waals surface area contributed by atoms with Gasteiger partial charge in [0, 0.05) is 61.4 Å². The van der Waals surface area contributed by atoms with Crippen molar-refractivity contribution >= 4 is 23.4 Å². The summed E-state index contributed by atoms with van der Waals surface area (Å²) in [6.07, 6.45) is 7.80. The highest BCUT2D eigenvalue weighted by atomic mass is 35.5. The van der Waals surface area contributed by atoms with Crippen LogP contribution in [0.2, 0.25) is 5.02 Å². The number of carbonyl (C=O) groups excluding carboxylic acids is 2. The number of nitrogens with zero attached hydrogens (tertiary/aromatic N) is 3. The molecular weight excluding hydrogens is 400 g/mol. The Morgan fingerprint density at radius 1 is 0.900 bits per heavy atom. The van der Waals surface area contributed by atoms with Gasteiger partial charge in [-0.1, -0.05) is 17.7 Å². The van der Waals surface area contributed by atoms with Crippen LogP contribution in [0, 0.1) is 0 Å². The zero-order chi connectivity index (χ0) is 21.2. The topological polar surface area (TPSA) is 75.2 Å². The Balaban J connectivity index is 1.53. The summed E-state index contributed by atoms with van der Waals surface area (Å²) in [6, 6.07) is 14.3. The summed E-state index contributed by atoms with van der Waals surface area (Å²) in [5, 5.41) is 3.42. The van der Waals surface area contributed by atoms with Crippen LogP contribution in [0.5, 0.6) is 0 Å². The Hall–Kier alpha value is -3.25. The first-order chi connectivity index (χ1) is 14.6. The van der Waals surface area contributed by atoms with E-state index in [1.165, 1.54) is 0 Å². The molecule has 0 radical (unpaired) electrons. The molecule has 0 fully saturated rings. The van der Waals surface area contributed by atoms with Gasteiger partial charge in [-0.25, -0.2) is 0 Å². The zero-order valence-electron chi connectivity index (χ0n) is 16.5. The fourth-order valence-corrected chi connectivity index (χ4v) is 3.08. The van der Waals surface area contributed by atoms with Crippen LogP contribution >= 0.6 is 11.6 Å². The van der Waals surface area contributed by atoms with Crippen molar-refractivity contribution in [2.45, 2.75) is 25.9 Å². The largest absolute Gasteiger partial charge is 0.352 e. The summed E-state index contributed by atoms with van der Waals surface area (Å²) >= 11 is 5.84. The molecule has 154 valence electrons. The van der Waals surface area contributed by atoms with Crippen LogP contribution in [-0.2, 0) is 17.9 Å². The number of nitrogens with one attached hydrogen (secondary N) is 1. The second-order valence-corrected chi connectivity index (χ2v) is 7.27. The van der Waals surface area contributed by atoms with Crippen LogP contribution in [0.3, 0.4) is 0 Å². The zero-order valence-corrected chi connectivity index (χ0v) is 17.3. The molecule has 0 spiro atoms. The number of hydrogen-bond acceptors (Lipinski definition) is 4. The quantitative estimate of drug-likeness (QED) is 0.531. The average molecular weight is 423 g/mol. The second kappa shape index (κ2) is 11.1. The number of rotatable bonds is 9. The van der Waals surface area contributed by atoms with Gasteiger partial charge in [-0.15, -0.1) is 0 Å². The third kappa shape index (κ3) is 6.67. The fourth-order valence-electron chi connectivity index (χ4n) is 2.96. The van der Waals surface area contributed by atoms with Crippen molar-refractivity contribution in [2.24, 2.45) is 0 Å². The molecule has 0 unspecified atom stereocenters. The Bertz CT molecular complexity index is 908. The highest BCUT2D eigenvalue weighted by molar-refractivity contribution is 6.30. The van der Waals surface area contributed by atoms with Crippen molar-refractivity contribution in [1.29, 1.82) is 0 Å². The van der Waals surface area contributed by atoms with Gasteiger partial charge in [-0.2, -0.15) is 0 Å². The van der Waals surface area contributed by atoms with Crippen LogP contribution in [-0.4, -0.2) is 33.2 Å². The van der Waals surface area contributed by atoms with Crippen LogP contribution in [0.25, 0.3) is 0 Å². The van der Waals surface area contributed by atoms with Crippen LogP contribution in [0.15, 0.2) is 73.3 Å². The molecule has 2 heterocycles. The summed E-state index contributed by atoms with van der Waals surface area (Å²) < 4.78 is 0. The Labute approximate surface area is 180 Å². The number of amides is 2. The van der Waals surface area contributed by atoms with E-state index in [9.17, 15) is 9.59 Å². The fraction of sp³-hybridized carbons (Fsp3) is 0.217. The van der Waals surface area contributed by atoms with E-state index in [4.69, 9.17) is 11.6 Å². The molecular formula is C23H23ClN4O2. The monoisotopic (exact) mass is 422 g/mol. The molecule has 0 atom stereocenters. The first-order valence-electron chi connectivity index (χ1n) is 9.71. The van der Waals surface area contributed by atoms with Crippen molar-refractivity contribution in [3.63, 3.8) is 0 Å². The van der Waals surface area contributed by atoms with Crippen LogP contribution in [0.4, 0.5) is 0 Å². The van der Waals surface area contributed by atoms with E-state index < -0.39 is 0 Å². The third-order valence-electron chi connectivity index (χ3n) is 4.53. The van der Waals surface area contributed by atoms with E-state index in [1.54, 1.807) is 54.0 Å². The van der Waals surface area contributed by atoms with E-state index in [1.807, 2.05) is 24.3 Å². The van der Waals surface area contributed by atoms with Gasteiger partial charge in [0.2, 0.25) is 5.91 Å². The molecule has 0 saturated heterocycles. The van der Waals surface area contributed by atoms with E-state index >= 15 is 0 Å². The lowest BCUT2D eigenvalue weighted by atomic mass is 10.2. The Kier molecular flexibility index (Phi) is 7.92. The van der Waals surface area contributed by atoms with Crippen LogP contribution < -0.4 is 5.32 Å². The van der Waals surface area contributed by atoms with Crippen molar-refractivity contribution in [2.75, 3.05) is 6.54 Å². The number of halogens is 1. The van der Waals surface area contributed by atoms with Gasteiger partial charge in [-0.05, 0) is 60.0 Å². The first kappa shape index (κ1) is 21.5. The van der Waals surface area contributed by atoms with Gasteiger partial charge in [0.25, 0.3) is 5.91 Å². The lowest BCUT2D eigenvalue weighted by Crippen LogP contribution is -2.31. The molecule has 0 aliphatic heterocycles. The average Bonchev–Trinajstić information content (AvgIpc) is 2.78. The molecule has 0 saturated carbocycles. The molecule has 3 rings (SSSR count). The number of pyridine rings is 2. The van der Waals surface area contributed by atoms with Gasteiger partial charge < -0.3 is 10.2 Å². The number of hydrogen-bond donors (Lipinski definition) is 1. The summed E-state index contributed by atoms with van der Waals surface area (Å²) in [5.74, 6) is -0.153. The standard InChI is InChI=1S/C23H23ClN4O2/c24-21-7-5-20(6-8-21)23(30)27-12-2-4-22(29)28(16-18-9-13-25-14-10-18)17-19-3-1-11-26-15-19/h1,3,5-11,13-15H,2,4,12,16-17H2,(H,27,30). The maximum absolute atomic E-state index is 12.9. The predicted molar refractivity (Wildman–Crippen MR) is 116 cm³/mol. The van der Waals surface area contributed by atoms with Crippen molar-refractivity contribution in [3.05, 3.63) is 95.0 Å². The maximum atomic E-state index is 12.9. The third-order valence-corrected chi connectivity index (χ3v) is 4.78. The minimum atomic E-state index is -0.178. The molecule has 1 N–H and O–H groups in total. The van der Waals surface area contributed by atoms with E-state index in [2.05, 4.69) is 15.3 Å². The number of benzene rings is 1. The molecule has 0 bridgehead atoms. The molecule has 30 heavy (non-hydrogen) atoms. The van der Waals surface area contributed by atoms with E-state index in [0.717, 1.165) is 11.1 Å². The van der Waals surface area contributed by atoms with Gasteiger partial charge in [0.15, 0.2) is 0 Å². The van der Waals surface area contributed by atoms with Gasteiger partial charge in [0.05, 0.1) is 0 Å². The highest BCUT2D eigenvalue weighted by Gasteiger charge is 2.15. The minimum Gasteiger partial charge on any atom is -0.352 e. The molecule has 2 amide bonds. The molecule has 2 aromatic heterocycles. The Morgan fingerprint density at radius 3 is 2.33 bits per heavy atom. The van der Waals surface area contributed by atoms with Crippen LogP contribution in [0.1, 0.15) is 34.3 Å². The first-order valence-corrected chi connectivity index (χ1v) is 10.1. The van der Waals surface area contributed by atoms with Gasteiger partial charge >= 0.3 is 0 Å². The lowest BCUT2D eigenvalue weighted by Gasteiger charge is -2.23. The van der Waals surface area contributed by atoms with Crippen molar-refractivity contribution in [3.8, 4) is 0 Å². The second-order valence-electron chi connectivity index (χ2n) is 6.83. The summed E-state index contributed by atoms with van der Waals surface area (Å²) in [5.41, 5.74) is 2.52. The molecule has 1 aromatic carbocycles. The molecule has 6 nitrogen and oxygen atoms in total. The lowest BCUT2D eigenvalue weighted by molar-refractivity contribution is -0.132. The van der Waals surface area contributed by atoms with E-state index in [0.29, 0.717) is 43.1 Å². The van der Waals surface area contributed by atoms with Crippen molar-refractivity contribution in [1.82, 2.24) is 20.2 Å². The predicted octanol–water partition coefficient (Wildman–Crippen LogP) is 3.87. The number of aromatic nitrogens is 2. The highest BCUT2D eigenvalue weighted by Crippen LogP contribution is 2.12. The molecule has 0 aliphatic carbocycles. The maximum Gasteiger partial charge on any atom is 0.251 e. The van der Waals surface area contributed by atoms with Gasteiger partial charge in [0.1, 0.15) is 0 Å². The Morgan fingerprint density at radius 2 is 1.63 bits per heavy atom. The molecule has 0 aliphatic rings. The summed E-state index contributed by atoms with van der Waals surface area (Å²) in [7, 11) is 0. The van der Waals surface area contributed by atoms with Crippen molar-refractivity contribution < 1.29 is 9.59 Å². The van der Waals surface area contributed by atoms with E-state index in [-0.39, 0.29) is 11.8 Å². The molecule has 7 heteroatoms. The van der Waals surface area contributed by atoms with Gasteiger partial charge in [-0.3, -0.25) is 19.6 Å². The smallest absolute Gasteiger partial charge is 0.251 e. The summed E-state index contributed by atoms with van der Waals surface area (Å²) in [6.45, 7) is 1.39. The molecule has 3 aromatic rings.